The molecule has 0 aliphatic carbocycles. The van der Waals surface area contributed by atoms with E-state index in [-0.39, 0.29) is 0 Å². The summed E-state index contributed by atoms with van der Waals surface area (Å²) in [5.74, 6) is 0.00860. The van der Waals surface area contributed by atoms with Gasteiger partial charge in [-0.1, -0.05) is 0 Å². The van der Waals surface area contributed by atoms with Crippen LogP contribution in [-0.4, -0.2) is 31.9 Å². The SMILES string of the molecule is COc1cc(OC)cc(C(N)C(=O)OC(=O)OC(C)(C)C)c1. The Labute approximate surface area is 129 Å². The molecule has 0 radical (unpaired) electrons. The number of esters is 1. The summed E-state index contributed by atoms with van der Waals surface area (Å²) < 4.78 is 19.7. The lowest BCUT2D eigenvalue weighted by Gasteiger charge is -2.19. The van der Waals surface area contributed by atoms with Crippen molar-refractivity contribution in [2.45, 2.75) is 32.4 Å². The van der Waals surface area contributed by atoms with E-state index < -0.39 is 23.8 Å². The Morgan fingerprint density at radius 2 is 1.55 bits per heavy atom. The molecular weight excluding hydrogens is 290 g/mol. The van der Waals surface area contributed by atoms with Crippen LogP contribution >= 0.6 is 0 Å². The first-order valence-corrected chi connectivity index (χ1v) is 6.59. The van der Waals surface area contributed by atoms with E-state index in [1.807, 2.05) is 0 Å². The highest BCUT2D eigenvalue weighted by molar-refractivity contribution is 5.86. The first kappa shape index (κ1) is 17.8. The number of nitrogens with two attached hydrogens (primary N) is 1. The lowest BCUT2D eigenvalue weighted by Crippen LogP contribution is -2.30. The third kappa shape index (κ3) is 5.25. The molecule has 0 aliphatic rings. The zero-order chi connectivity index (χ0) is 16.9. The fourth-order valence-corrected chi connectivity index (χ4v) is 1.56. The van der Waals surface area contributed by atoms with Crippen molar-refractivity contribution in [1.29, 1.82) is 0 Å². The second-order valence-corrected chi connectivity index (χ2v) is 5.51. The highest BCUT2D eigenvalue weighted by atomic mass is 16.7. The Bertz CT molecular complexity index is 527. The van der Waals surface area contributed by atoms with Crippen LogP contribution in [0.25, 0.3) is 0 Å². The Balaban J connectivity index is 2.84. The first-order chi connectivity index (χ1) is 10.2. The summed E-state index contributed by atoms with van der Waals surface area (Å²) in [5.41, 5.74) is 5.43. The fraction of sp³-hybridized carbons (Fsp3) is 0.467. The van der Waals surface area contributed by atoms with Crippen molar-refractivity contribution in [1.82, 2.24) is 0 Å². The highest BCUT2D eigenvalue weighted by Gasteiger charge is 2.25. The minimum atomic E-state index is -1.17. The van der Waals surface area contributed by atoms with Crippen molar-refractivity contribution < 1.29 is 28.5 Å². The Morgan fingerprint density at radius 3 is 1.95 bits per heavy atom. The van der Waals surface area contributed by atoms with Gasteiger partial charge in [0.25, 0.3) is 0 Å². The van der Waals surface area contributed by atoms with Gasteiger partial charge in [-0.05, 0) is 38.5 Å². The molecule has 7 nitrogen and oxygen atoms in total. The van der Waals surface area contributed by atoms with Gasteiger partial charge in [0.2, 0.25) is 0 Å². The summed E-state index contributed by atoms with van der Waals surface area (Å²) >= 11 is 0. The maximum Gasteiger partial charge on any atom is 0.516 e. The second kappa shape index (κ2) is 7.13. The van der Waals surface area contributed by atoms with Gasteiger partial charge in [0.15, 0.2) is 0 Å². The zero-order valence-electron chi connectivity index (χ0n) is 13.3. The van der Waals surface area contributed by atoms with E-state index in [9.17, 15) is 9.59 Å². The summed E-state index contributed by atoms with van der Waals surface area (Å²) in [7, 11) is 2.95. The Kier molecular flexibility index (Phi) is 5.76. The number of benzene rings is 1. The molecule has 0 heterocycles. The largest absolute Gasteiger partial charge is 0.516 e. The first-order valence-electron chi connectivity index (χ1n) is 6.59. The van der Waals surface area contributed by atoms with E-state index in [1.54, 1.807) is 39.0 Å². The molecule has 122 valence electrons. The minimum Gasteiger partial charge on any atom is -0.497 e. The fourth-order valence-electron chi connectivity index (χ4n) is 1.56. The average Bonchev–Trinajstić information content (AvgIpc) is 2.43. The molecule has 2 N–H and O–H groups in total. The summed E-state index contributed by atoms with van der Waals surface area (Å²) in [4.78, 5) is 23.4. The van der Waals surface area contributed by atoms with Gasteiger partial charge in [0, 0.05) is 6.07 Å². The molecule has 0 fully saturated rings. The maximum absolute atomic E-state index is 11.9. The number of carbonyl (C=O) groups excluding carboxylic acids is 2. The zero-order valence-corrected chi connectivity index (χ0v) is 13.3. The van der Waals surface area contributed by atoms with E-state index in [1.165, 1.54) is 14.2 Å². The molecule has 0 bridgehead atoms. The topological polar surface area (TPSA) is 97.1 Å². The molecular formula is C15H21NO6. The minimum absolute atomic E-state index is 0.393. The number of ether oxygens (including phenoxy) is 4. The van der Waals surface area contributed by atoms with Crippen LogP contribution in [0, 0.1) is 0 Å². The standard InChI is InChI=1S/C15H21NO6/c1-15(2,3)22-14(18)21-13(17)12(16)9-6-10(19-4)8-11(7-9)20-5/h6-8,12H,16H2,1-5H3. The lowest BCUT2D eigenvalue weighted by atomic mass is 10.1. The Morgan fingerprint density at radius 1 is 1.05 bits per heavy atom. The normalized spacial score (nSPS) is 12.3. The van der Waals surface area contributed by atoms with E-state index in [0.29, 0.717) is 17.1 Å². The number of rotatable bonds is 4. The monoisotopic (exact) mass is 311 g/mol. The molecule has 0 spiro atoms. The molecule has 0 saturated carbocycles. The van der Waals surface area contributed by atoms with Crippen molar-refractivity contribution in [2.24, 2.45) is 5.73 Å². The number of hydrogen-bond donors (Lipinski definition) is 1. The molecule has 0 saturated heterocycles. The Hall–Kier alpha value is -2.28. The molecule has 1 unspecified atom stereocenters. The molecule has 22 heavy (non-hydrogen) atoms. The van der Waals surface area contributed by atoms with Crippen LogP contribution in [0.3, 0.4) is 0 Å². The van der Waals surface area contributed by atoms with Crippen molar-refractivity contribution in [3.8, 4) is 11.5 Å². The van der Waals surface area contributed by atoms with Gasteiger partial charge in [-0.2, -0.15) is 0 Å². The van der Waals surface area contributed by atoms with E-state index in [2.05, 4.69) is 4.74 Å². The summed E-state index contributed by atoms with van der Waals surface area (Å²) in [6.07, 6.45) is -1.09. The second-order valence-electron chi connectivity index (χ2n) is 5.51. The van der Waals surface area contributed by atoms with Crippen LogP contribution in [0.5, 0.6) is 11.5 Å². The summed E-state index contributed by atoms with van der Waals surface area (Å²) in [5, 5.41) is 0. The summed E-state index contributed by atoms with van der Waals surface area (Å²) in [6, 6.07) is 3.58. The molecule has 0 aromatic heterocycles. The van der Waals surface area contributed by atoms with E-state index >= 15 is 0 Å². The predicted octanol–water partition coefficient (Wildman–Crippen LogP) is 2.18. The molecule has 0 amide bonds. The number of hydrogen-bond acceptors (Lipinski definition) is 7. The van der Waals surface area contributed by atoms with Gasteiger partial charge >= 0.3 is 12.1 Å². The predicted molar refractivity (Wildman–Crippen MR) is 78.8 cm³/mol. The number of methoxy groups -OCH3 is 2. The highest BCUT2D eigenvalue weighted by Crippen LogP contribution is 2.26. The van der Waals surface area contributed by atoms with Crippen LogP contribution in [0.2, 0.25) is 0 Å². The van der Waals surface area contributed by atoms with Gasteiger partial charge < -0.3 is 24.7 Å². The number of carbonyl (C=O) groups is 2. The van der Waals surface area contributed by atoms with Crippen molar-refractivity contribution >= 4 is 12.1 Å². The van der Waals surface area contributed by atoms with Crippen molar-refractivity contribution in [2.75, 3.05) is 14.2 Å². The summed E-state index contributed by atoms with van der Waals surface area (Å²) in [6.45, 7) is 4.97. The maximum atomic E-state index is 11.9. The van der Waals surface area contributed by atoms with Crippen LogP contribution in [0.1, 0.15) is 32.4 Å². The van der Waals surface area contributed by atoms with Crippen LogP contribution < -0.4 is 15.2 Å². The van der Waals surface area contributed by atoms with Crippen LogP contribution in [0.15, 0.2) is 18.2 Å². The molecule has 1 aromatic rings. The third-order valence-corrected chi connectivity index (χ3v) is 2.56. The molecule has 7 heteroatoms. The third-order valence-electron chi connectivity index (χ3n) is 2.56. The van der Waals surface area contributed by atoms with Crippen molar-refractivity contribution in [3.63, 3.8) is 0 Å². The molecule has 1 atom stereocenters. The van der Waals surface area contributed by atoms with E-state index in [4.69, 9.17) is 19.9 Å². The smallest absolute Gasteiger partial charge is 0.497 e. The lowest BCUT2D eigenvalue weighted by molar-refractivity contribution is -0.143. The average molecular weight is 311 g/mol. The van der Waals surface area contributed by atoms with Gasteiger partial charge in [-0.3, -0.25) is 0 Å². The molecule has 1 rings (SSSR count). The molecule has 1 aromatic carbocycles. The van der Waals surface area contributed by atoms with Crippen molar-refractivity contribution in [3.05, 3.63) is 23.8 Å². The van der Waals surface area contributed by atoms with Crippen LogP contribution in [0.4, 0.5) is 4.79 Å². The van der Waals surface area contributed by atoms with Gasteiger partial charge in [0.1, 0.15) is 23.1 Å². The van der Waals surface area contributed by atoms with Gasteiger partial charge in [-0.25, -0.2) is 9.59 Å². The van der Waals surface area contributed by atoms with Gasteiger partial charge in [-0.15, -0.1) is 0 Å². The van der Waals surface area contributed by atoms with Gasteiger partial charge in [0.05, 0.1) is 14.2 Å². The quantitative estimate of drug-likeness (QED) is 0.672. The van der Waals surface area contributed by atoms with E-state index in [0.717, 1.165) is 0 Å². The van der Waals surface area contributed by atoms with Crippen LogP contribution in [-0.2, 0) is 14.3 Å². The molecule has 0 aliphatic heterocycles.